The highest BCUT2D eigenvalue weighted by atomic mass is 19.4. The zero-order chi connectivity index (χ0) is 52.1. The fourth-order valence-electron chi connectivity index (χ4n) is 9.90. The summed E-state index contributed by atoms with van der Waals surface area (Å²) in [5, 5.41) is 12.3. The largest absolute Gasteiger partial charge is 0.417 e. The smallest absolute Gasteiger partial charge is 0.309 e. The van der Waals surface area contributed by atoms with Crippen LogP contribution in [0.4, 0.5) is 52.7 Å². The lowest BCUT2D eigenvalue weighted by atomic mass is 9.95. The molecule has 0 spiro atoms. The summed E-state index contributed by atoms with van der Waals surface area (Å²) in [6.45, 7) is 0. The molecule has 3 aromatic heterocycles. The van der Waals surface area contributed by atoms with Crippen molar-refractivity contribution in [3.05, 3.63) is 210 Å². The third-order valence-corrected chi connectivity index (χ3v) is 13.2. The molecule has 0 aliphatic heterocycles. The van der Waals surface area contributed by atoms with Crippen molar-refractivity contribution < 1.29 is 52.7 Å². The van der Waals surface area contributed by atoms with E-state index < -0.39 is 58.1 Å². The Morgan fingerprint density at radius 1 is 0.365 bits per heavy atom. The molecule has 0 atom stereocenters. The zero-order valence-electron chi connectivity index (χ0n) is 37.6. The Morgan fingerprint density at radius 3 is 1.32 bits per heavy atom. The van der Waals surface area contributed by atoms with Gasteiger partial charge in [-0.05, 0) is 124 Å². The van der Waals surface area contributed by atoms with Crippen LogP contribution in [0.1, 0.15) is 27.8 Å². The van der Waals surface area contributed by atoms with Crippen LogP contribution < -0.4 is 0 Å². The third-order valence-electron chi connectivity index (χ3n) is 13.2. The maximum Gasteiger partial charge on any atom is 0.417 e. The topological polar surface area (TPSA) is 46.5 Å². The number of aromatic nitrogens is 3. The summed E-state index contributed by atoms with van der Waals surface area (Å²) in [6, 6.07) is 43.0. The molecule has 11 rings (SSSR count). The Kier molecular flexibility index (Phi) is 11.0. The van der Waals surface area contributed by atoms with Crippen molar-refractivity contribution in [1.82, 2.24) is 14.1 Å². The van der Waals surface area contributed by atoms with E-state index in [4.69, 9.17) is 0 Å². The van der Waals surface area contributed by atoms with E-state index in [0.29, 0.717) is 94.9 Å². The van der Waals surface area contributed by atoms with Crippen LogP contribution in [0.15, 0.2) is 182 Å². The summed E-state index contributed by atoms with van der Waals surface area (Å²) in [6.07, 6.45) is -17.0. The minimum atomic E-state index is -5.12. The van der Waals surface area contributed by atoms with Gasteiger partial charge in [0.25, 0.3) is 0 Å². The second-order valence-corrected chi connectivity index (χ2v) is 17.5. The number of alkyl halides is 12. The molecule has 16 heteroatoms. The number of hydrogen-bond acceptors (Lipinski definition) is 2. The minimum absolute atomic E-state index is 0.0368. The van der Waals surface area contributed by atoms with Crippen molar-refractivity contribution in [3.63, 3.8) is 0 Å². The molecule has 0 saturated carbocycles. The molecule has 0 bridgehead atoms. The van der Waals surface area contributed by atoms with E-state index in [-0.39, 0.29) is 23.3 Å². The molecule has 0 saturated heterocycles. The molecule has 0 aliphatic rings. The van der Waals surface area contributed by atoms with Crippen molar-refractivity contribution in [2.45, 2.75) is 24.7 Å². The fraction of sp³-hybridized carbons (Fsp3) is 0.0690. The van der Waals surface area contributed by atoms with Gasteiger partial charge in [-0.25, -0.2) is 0 Å². The van der Waals surface area contributed by atoms with E-state index in [9.17, 15) is 57.9 Å². The van der Waals surface area contributed by atoms with Gasteiger partial charge in [0.05, 0.1) is 67.3 Å². The molecule has 4 nitrogen and oxygen atoms in total. The van der Waals surface area contributed by atoms with Gasteiger partial charge >= 0.3 is 24.7 Å². The molecule has 8 aromatic carbocycles. The summed E-state index contributed by atoms with van der Waals surface area (Å²) in [4.78, 5) is 4.48. The van der Waals surface area contributed by atoms with E-state index in [1.54, 1.807) is 85.2 Å². The summed E-state index contributed by atoms with van der Waals surface area (Å²) < 4.78 is 172. The van der Waals surface area contributed by atoms with Crippen molar-refractivity contribution in [2.24, 2.45) is 0 Å². The first-order chi connectivity index (χ1) is 35.2. The Morgan fingerprint density at radius 2 is 0.824 bits per heavy atom. The molecule has 0 aliphatic carbocycles. The summed E-state index contributed by atoms with van der Waals surface area (Å²) in [5.74, 6) is 0. The summed E-state index contributed by atoms with van der Waals surface area (Å²) >= 11 is 0. The highest BCUT2D eigenvalue weighted by Gasteiger charge is 2.40. The molecule has 3 heterocycles. The second-order valence-electron chi connectivity index (χ2n) is 17.5. The van der Waals surface area contributed by atoms with Gasteiger partial charge in [0.15, 0.2) is 0 Å². The number of nitriles is 1. The highest BCUT2D eigenvalue weighted by Crippen LogP contribution is 2.47. The highest BCUT2D eigenvalue weighted by molar-refractivity contribution is 6.12. The van der Waals surface area contributed by atoms with Crippen LogP contribution >= 0.6 is 0 Å². The quantitative estimate of drug-likeness (QED) is 0.156. The lowest BCUT2D eigenvalue weighted by Gasteiger charge is -2.19. The third kappa shape index (κ3) is 8.14. The van der Waals surface area contributed by atoms with Crippen molar-refractivity contribution >= 4 is 43.6 Å². The lowest BCUT2D eigenvalue weighted by molar-refractivity contribution is -0.144. The molecule has 0 amide bonds. The first kappa shape index (κ1) is 47.5. The predicted molar refractivity (Wildman–Crippen MR) is 259 cm³/mol. The first-order valence-corrected chi connectivity index (χ1v) is 22.4. The standard InChI is InChI=1S/C58H30F12N4/c59-55(60,61)37-15-17-39(47(28-37)57(65,66)67)34-12-20-52-44(26-34)41-8-1-3-10-49(41)73(52)51-19-14-36(25-43(51)33-7-5-6-32(24-33)30-71)46-31-72-23-22-54(46)74-50-11-4-2-9-42(50)45-27-35(13-21-53(45)74)40-18-16-38(56(62,63)64)29-48(40)58(68,69)70/h1-29,31H. The number of fused-ring (bicyclic) bond motifs is 6. The van der Waals surface area contributed by atoms with Gasteiger partial charge in [0, 0.05) is 45.1 Å². The summed E-state index contributed by atoms with van der Waals surface area (Å²) in [5.41, 5.74) is -0.173. The molecule has 0 fully saturated rings. The van der Waals surface area contributed by atoms with Crippen LogP contribution in [0, 0.1) is 11.3 Å². The van der Waals surface area contributed by atoms with Crippen LogP contribution in [0.25, 0.3) is 99.5 Å². The average Bonchev–Trinajstić information content (AvgIpc) is 3.89. The molecule has 366 valence electrons. The van der Waals surface area contributed by atoms with Gasteiger partial charge < -0.3 is 9.13 Å². The second kappa shape index (κ2) is 17.2. The Hall–Kier alpha value is -8.84. The van der Waals surface area contributed by atoms with E-state index in [1.165, 1.54) is 24.3 Å². The molecule has 0 radical (unpaired) electrons. The van der Waals surface area contributed by atoms with Gasteiger partial charge in [-0.1, -0.05) is 78.9 Å². The Balaban J connectivity index is 1.10. The number of para-hydroxylation sites is 2. The fourth-order valence-corrected chi connectivity index (χ4v) is 9.90. The Labute approximate surface area is 411 Å². The van der Waals surface area contributed by atoms with Crippen LogP contribution in [-0.4, -0.2) is 14.1 Å². The first-order valence-electron chi connectivity index (χ1n) is 22.4. The van der Waals surface area contributed by atoms with Crippen LogP contribution in [0.2, 0.25) is 0 Å². The molecule has 11 aromatic rings. The van der Waals surface area contributed by atoms with Crippen LogP contribution in [0.3, 0.4) is 0 Å². The van der Waals surface area contributed by atoms with Crippen LogP contribution in [-0.2, 0) is 24.7 Å². The average molecular weight is 1010 g/mol. The van der Waals surface area contributed by atoms with E-state index in [2.05, 4.69) is 11.1 Å². The zero-order valence-corrected chi connectivity index (χ0v) is 37.6. The van der Waals surface area contributed by atoms with Gasteiger partial charge in [-0.15, -0.1) is 0 Å². The monoisotopic (exact) mass is 1010 g/mol. The lowest BCUT2D eigenvalue weighted by Crippen LogP contribution is -2.12. The molecule has 0 N–H and O–H groups in total. The molecule has 0 unspecified atom stereocenters. The maximum atomic E-state index is 14.5. The predicted octanol–water partition coefficient (Wildman–Crippen LogP) is 17.9. The minimum Gasteiger partial charge on any atom is -0.309 e. The van der Waals surface area contributed by atoms with Crippen molar-refractivity contribution in [2.75, 3.05) is 0 Å². The van der Waals surface area contributed by atoms with E-state index in [1.807, 2.05) is 45.5 Å². The number of pyridine rings is 1. The number of nitrogens with zero attached hydrogens (tertiary/aromatic N) is 4. The van der Waals surface area contributed by atoms with Gasteiger partial charge in [0.2, 0.25) is 0 Å². The van der Waals surface area contributed by atoms with Crippen molar-refractivity contribution in [1.29, 1.82) is 5.26 Å². The number of rotatable bonds is 6. The van der Waals surface area contributed by atoms with E-state index >= 15 is 0 Å². The van der Waals surface area contributed by atoms with Crippen molar-refractivity contribution in [3.8, 4) is 62.0 Å². The van der Waals surface area contributed by atoms with Gasteiger partial charge in [-0.3, -0.25) is 4.98 Å². The molecular weight excluding hydrogens is 981 g/mol. The molecule has 74 heavy (non-hydrogen) atoms. The number of halogens is 12. The Bertz CT molecular complexity index is 4110. The molecular formula is C58H30F12N4. The normalized spacial score (nSPS) is 12.6. The maximum absolute atomic E-state index is 14.5. The van der Waals surface area contributed by atoms with Gasteiger partial charge in [0.1, 0.15) is 0 Å². The van der Waals surface area contributed by atoms with Crippen LogP contribution in [0.5, 0.6) is 0 Å². The summed E-state index contributed by atoms with van der Waals surface area (Å²) in [7, 11) is 0. The number of benzene rings is 8. The SMILES string of the molecule is N#Cc1cccc(-c2cc(-c3cnccc3-n3c4ccccc4c4cc(-c5ccc(C(F)(F)F)cc5C(F)(F)F)ccc43)ccc2-n2c3ccccc3c3cc(-c4ccc(C(F)(F)F)cc4C(F)(F)F)ccc32)c1. The van der Waals surface area contributed by atoms with E-state index in [0.717, 1.165) is 12.1 Å². The van der Waals surface area contributed by atoms with Gasteiger partial charge in [-0.2, -0.15) is 57.9 Å². The number of hydrogen-bond donors (Lipinski definition) is 0.